The molecule has 0 spiro atoms. The van der Waals surface area contributed by atoms with Crippen LogP contribution in [0.3, 0.4) is 0 Å². The van der Waals surface area contributed by atoms with Crippen LogP contribution in [-0.2, 0) is 0 Å². The number of phenolic OH excluding ortho intramolecular Hbond substituents is 1. The van der Waals surface area contributed by atoms with Gasteiger partial charge in [0.15, 0.2) is 17.8 Å². The van der Waals surface area contributed by atoms with Crippen molar-refractivity contribution in [2.45, 2.75) is 6.42 Å². The molecule has 0 heterocycles. The summed E-state index contributed by atoms with van der Waals surface area (Å²) in [5, 5.41) is 12.8. The van der Waals surface area contributed by atoms with Crippen molar-refractivity contribution in [3.63, 3.8) is 0 Å². The van der Waals surface area contributed by atoms with E-state index in [0.29, 0.717) is 18.3 Å². The quantitative estimate of drug-likeness (QED) is 0.220. The molecule has 1 rings (SSSR count). The van der Waals surface area contributed by atoms with Gasteiger partial charge in [0, 0.05) is 35.1 Å². The van der Waals surface area contributed by atoms with Gasteiger partial charge in [0.25, 0.3) is 0 Å². The number of aldehydes is 1. The first-order valence-electron chi connectivity index (χ1n) is 5.08. The molecule has 18 heavy (non-hydrogen) atoms. The minimum Gasteiger partial charge on any atom is -0.504 e. The molecule has 0 saturated heterocycles. The minimum absolute atomic E-state index is 0.112. The standard InChI is InChI=1S/C12H11N3O3/c1-18-12-7-9(4-2-3-5-14-15-13)10(8-16)6-11(12)17/h6-8,17H,3,5H2,1H3. The Balaban J connectivity index is 2.99. The number of carbonyl (C=O) groups excluding carboxylic acids is 1. The van der Waals surface area contributed by atoms with E-state index < -0.39 is 0 Å². The lowest BCUT2D eigenvalue weighted by Gasteiger charge is -2.05. The number of phenols is 1. The summed E-state index contributed by atoms with van der Waals surface area (Å²) in [5.41, 5.74) is 8.82. The van der Waals surface area contributed by atoms with Gasteiger partial charge in [-0.25, -0.2) is 0 Å². The van der Waals surface area contributed by atoms with Crippen molar-refractivity contribution in [3.8, 4) is 23.3 Å². The molecule has 92 valence electrons. The molecule has 0 atom stereocenters. The Labute approximate surface area is 104 Å². The summed E-state index contributed by atoms with van der Waals surface area (Å²) in [6, 6.07) is 2.78. The molecule has 0 aliphatic rings. The van der Waals surface area contributed by atoms with E-state index in [1.807, 2.05) is 0 Å². The zero-order valence-electron chi connectivity index (χ0n) is 9.75. The van der Waals surface area contributed by atoms with Crippen LogP contribution >= 0.6 is 0 Å². The lowest BCUT2D eigenvalue weighted by molar-refractivity contribution is 0.112. The van der Waals surface area contributed by atoms with Crippen molar-refractivity contribution in [1.29, 1.82) is 0 Å². The second kappa shape index (κ2) is 6.84. The van der Waals surface area contributed by atoms with Gasteiger partial charge in [-0.3, -0.25) is 4.79 Å². The van der Waals surface area contributed by atoms with Crippen LogP contribution in [0.1, 0.15) is 22.3 Å². The van der Waals surface area contributed by atoms with E-state index in [4.69, 9.17) is 10.3 Å². The van der Waals surface area contributed by atoms with E-state index in [2.05, 4.69) is 21.9 Å². The van der Waals surface area contributed by atoms with Gasteiger partial charge in [-0.05, 0) is 11.6 Å². The van der Waals surface area contributed by atoms with Gasteiger partial charge in [0.05, 0.1) is 7.11 Å². The molecule has 6 heteroatoms. The fourth-order valence-corrected chi connectivity index (χ4v) is 1.26. The number of hydrogen-bond donors (Lipinski definition) is 1. The zero-order chi connectivity index (χ0) is 13.4. The minimum atomic E-state index is -0.112. The highest BCUT2D eigenvalue weighted by Gasteiger charge is 2.07. The second-order valence-corrected chi connectivity index (χ2v) is 3.24. The van der Waals surface area contributed by atoms with Gasteiger partial charge in [0.2, 0.25) is 0 Å². The monoisotopic (exact) mass is 245 g/mol. The van der Waals surface area contributed by atoms with Crippen LogP contribution < -0.4 is 4.74 Å². The van der Waals surface area contributed by atoms with E-state index in [-0.39, 0.29) is 23.6 Å². The molecule has 0 radical (unpaired) electrons. The van der Waals surface area contributed by atoms with Gasteiger partial charge in [-0.2, -0.15) is 0 Å². The van der Waals surface area contributed by atoms with Crippen LogP contribution in [-0.4, -0.2) is 25.0 Å². The molecule has 0 fully saturated rings. The van der Waals surface area contributed by atoms with Crippen LogP contribution in [0.4, 0.5) is 0 Å². The van der Waals surface area contributed by atoms with Crippen molar-refractivity contribution in [1.82, 2.24) is 0 Å². The van der Waals surface area contributed by atoms with E-state index in [1.165, 1.54) is 19.2 Å². The Morgan fingerprint density at radius 3 is 3.00 bits per heavy atom. The third kappa shape index (κ3) is 3.44. The molecule has 0 aliphatic carbocycles. The number of rotatable bonds is 4. The van der Waals surface area contributed by atoms with Crippen molar-refractivity contribution >= 4 is 6.29 Å². The van der Waals surface area contributed by atoms with E-state index in [9.17, 15) is 9.90 Å². The van der Waals surface area contributed by atoms with Crippen molar-refractivity contribution in [2.75, 3.05) is 13.7 Å². The second-order valence-electron chi connectivity index (χ2n) is 3.24. The number of nitrogens with zero attached hydrogens (tertiary/aromatic N) is 3. The average molecular weight is 245 g/mol. The highest BCUT2D eigenvalue weighted by atomic mass is 16.5. The van der Waals surface area contributed by atoms with Gasteiger partial charge in [0.1, 0.15) is 0 Å². The highest BCUT2D eigenvalue weighted by molar-refractivity contribution is 5.81. The number of hydrogen-bond acceptors (Lipinski definition) is 4. The number of carbonyl (C=O) groups is 1. The maximum atomic E-state index is 10.8. The number of ether oxygens (including phenoxy) is 1. The average Bonchev–Trinajstić information content (AvgIpc) is 2.39. The summed E-state index contributed by atoms with van der Waals surface area (Å²) in [6.45, 7) is 0.273. The van der Waals surface area contributed by atoms with Crippen LogP contribution in [0.15, 0.2) is 17.2 Å². The predicted octanol–water partition coefficient (Wildman–Crippen LogP) is 2.27. The van der Waals surface area contributed by atoms with Crippen LogP contribution in [0.5, 0.6) is 11.5 Å². The molecule has 0 aliphatic heterocycles. The number of methoxy groups -OCH3 is 1. The number of benzene rings is 1. The Morgan fingerprint density at radius 2 is 2.39 bits per heavy atom. The Morgan fingerprint density at radius 1 is 1.61 bits per heavy atom. The Kier molecular flexibility index (Phi) is 5.10. The smallest absolute Gasteiger partial charge is 0.161 e. The van der Waals surface area contributed by atoms with Crippen LogP contribution in [0, 0.1) is 11.8 Å². The van der Waals surface area contributed by atoms with E-state index in [1.54, 1.807) is 0 Å². The normalized spacial score (nSPS) is 8.72. The van der Waals surface area contributed by atoms with Gasteiger partial charge in [-0.15, -0.1) is 0 Å². The summed E-state index contributed by atoms with van der Waals surface area (Å²) in [4.78, 5) is 13.4. The third-order valence-electron chi connectivity index (χ3n) is 2.10. The van der Waals surface area contributed by atoms with Gasteiger partial charge < -0.3 is 9.84 Å². The fraction of sp³-hybridized carbons (Fsp3) is 0.250. The molecule has 6 nitrogen and oxygen atoms in total. The van der Waals surface area contributed by atoms with Crippen LogP contribution in [0.2, 0.25) is 0 Å². The topological polar surface area (TPSA) is 95.3 Å². The lowest BCUT2D eigenvalue weighted by atomic mass is 10.1. The predicted molar refractivity (Wildman–Crippen MR) is 65.6 cm³/mol. The molecule has 0 aromatic heterocycles. The summed E-state index contributed by atoms with van der Waals surface area (Å²) >= 11 is 0. The molecule has 1 aromatic carbocycles. The Bertz CT molecular complexity index is 552. The van der Waals surface area contributed by atoms with Crippen molar-refractivity contribution < 1.29 is 14.6 Å². The molecule has 0 unspecified atom stereocenters. The fourth-order valence-electron chi connectivity index (χ4n) is 1.26. The van der Waals surface area contributed by atoms with Crippen molar-refractivity contribution in [2.24, 2.45) is 5.11 Å². The molecular formula is C12H11N3O3. The molecule has 1 aromatic rings. The third-order valence-corrected chi connectivity index (χ3v) is 2.10. The first-order valence-corrected chi connectivity index (χ1v) is 5.08. The first-order chi connectivity index (χ1) is 8.72. The first kappa shape index (κ1) is 13.4. The summed E-state index contributed by atoms with van der Waals surface area (Å²) < 4.78 is 4.93. The van der Waals surface area contributed by atoms with Crippen molar-refractivity contribution in [3.05, 3.63) is 33.7 Å². The Hall–Kier alpha value is -2.64. The summed E-state index contributed by atoms with van der Waals surface area (Å²) in [6.07, 6.45) is 1.00. The van der Waals surface area contributed by atoms with Gasteiger partial charge in [-0.1, -0.05) is 17.0 Å². The largest absolute Gasteiger partial charge is 0.504 e. The molecule has 0 saturated carbocycles. The maximum absolute atomic E-state index is 10.8. The molecule has 1 N–H and O–H groups in total. The SMILES string of the molecule is COc1cc(C#CCCN=[N+]=[N-])c(C=O)cc1O. The molecule has 0 bridgehead atoms. The van der Waals surface area contributed by atoms with E-state index in [0.717, 1.165) is 0 Å². The van der Waals surface area contributed by atoms with Crippen LogP contribution in [0.25, 0.3) is 10.4 Å². The number of aromatic hydroxyl groups is 1. The lowest BCUT2D eigenvalue weighted by Crippen LogP contribution is -1.91. The highest BCUT2D eigenvalue weighted by Crippen LogP contribution is 2.28. The summed E-state index contributed by atoms with van der Waals surface area (Å²) in [5.74, 6) is 5.68. The van der Waals surface area contributed by atoms with Gasteiger partial charge >= 0.3 is 0 Å². The summed E-state index contributed by atoms with van der Waals surface area (Å²) in [7, 11) is 1.41. The number of azide groups is 1. The van der Waals surface area contributed by atoms with E-state index >= 15 is 0 Å². The molecular weight excluding hydrogens is 234 g/mol. The maximum Gasteiger partial charge on any atom is 0.161 e. The zero-order valence-corrected chi connectivity index (χ0v) is 9.75. The molecule has 0 amide bonds.